The van der Waals surface area contributed by atoms with E-state index in [2.05, 4.69) is 10.3 Å². The van der Waals surface area contributed by atoms with Crippen LogP contribution < -0.4 is 21.3 Å². The van der Waals surface area contributed by atoms with E-state index in [9.17, 15) is 14.4 Å². The molecule has 1 heterocycles. The number of methoxy groups -OCH3 is 1. The average Bonchev–Trinajstić information content (AvgIpc) is 2.65. The summed E-state index contributed by atoms with van der Waals surface area (Å²) in [4.78, 5) is 40.3. The predicted octanol–water partition coefficient (Wildman–Crippen LogP) is 2.71. The van der Waals surface area contributed by atoms with E-state index in [1.54, 1.807) is 24.3 Å². The Hall–Kier alpha value is -3.61. The summed E-state index contributed by atoms with van der Waals surface area (Å²) in [5, 5.41) is 2.78. The second-order valence-corrected chi connectivity index (χ2v) is 6.57. The number of hydrogen-bond donors (Lipinski definition) is 2. The summed E-state index contributed by atoms with van der Waals surface area (Å²) in [6.45, 7) is 5.75. The molecule has 0 aliphatic carbocycles. The fraction of sp³-hybridized carbons (Fsp3) is 0.190. The number of nitrogens with zero attached hydrogens (tertiary/aromatic N) is 1. The van der Waals surface area contributed by atoms with E-state index in [1.807, 2.05) is 32.9 Å². The van der Waals surface area contributed by atoms with Crippen molar-refractivity contribution in [2.75, 3.05) is 12.4 Å². The SMILES string of the molecule is COc1ccc(-n2c(=O)[nH]cc(C(=O)Nc3c(C)cc(C)cc3C)c2=O)cc1. The van der Waals surface area contributed by atoms with Gasteiger partial charge in [0.15, 0.2) is 0 Å². The molecule has 0 aliphatic rings. The predicted molar refractivity (Wildman–Crippen MR) is 108 cm³/mol. The molecule has 0 spiro atoms. The molecule has 0 aliphatic heterocycles. The van der Waals surface area contributed by atoms with Crippen LogP contribution in [-0.2, 0) is 0 Å². The Morgan fingerprint density at radius 2 is 1.64 bits per heavy atom. The van der Waals surface area contributed by atoms with Crippen molar-refractivity contribution in [2.45, 2.75) is 20.8 Å². The maximum absolute atomic E-state index is 12.9. The van der Waals surface area contributed by atoms with Crippen molar-refractivity contribution in [1.29, 1.82) is 0 Å². The minimum absolute atomic E-state index is 0.158. The second kappa shape index (κ2) is 7.56. The molecule has 0 atom stereocenters. The van der Waals surface area contributed by atoms with Crippen LogP contribution in [0.1, 0.15) is 27.0 Å². The molecule has 0 unspecified atom stereocenters. The standard InChI is InChI=1S/C21H21N3O4/c1-12-9-13(2)18(14(3)10-12)23-19(25)17-11-22-21(27)24(20(17)26)15-5-7-16(28-4)8-6-15/h5-11H,1-4H3,(H,22,27)(H,23,25). The van der Waals surface area contributed by atoms with Gasteiger partial charge in [-0.3, -0.25) is 9.59 Å². The molecule has 3 rings (SSSR count). The first-order chi connectivity index (χ1) is 13.3. The van der Waals surface area contributed by atoms with Crippen molar-refractivity contribution in [2.24, 2.45) is 0 Å². The highest BCUT2D eigenvalue weighted by molar-refractivity contribution is 6.04. The van der Waals surface area contributed by atoms with E-state index < -0.39 is 17.2 Å². The summed E-state index contributed by atoms with van der Waals surface area (Å²) < 4.78 is 6.01. The number of aryl methyl sites for hydroxylation is 3. The molecule has 0 bridgehead atoms. The Labute approximate surface area is 161 Å². The summed E-state index contributed by atoms with van der Waals surface area (Å²) in [5.74, 6) is 0.00557. The fourth-order valence-corrected chi connectivity index (χ4v) is 3.16. The largest absolute Gasteiger partial charge is 0.497 e. The van der Waals surface area contributed by atoms with Gasteiger partial charge in [-0.05, 0) is 56.2 Å². The lowest BCUT2D eigenvalue weighted by Crippen LogP contribution is -2.38. The number of aromatic amines is 1. The summed E-state index contributed by atoms with van der Waals surface area (Å²) in [5.41, 5.74) is 2.37. The van der Waals surface area contributed by atoms with Gasteiger partial charge in [0, 0.05) is 11.9 Å². The van der Waals surface area contributed by atoms with Gasteiger partial charge in [0.2, 0.25) is 0 Å². The molecule has 0 saturated carbocycles. The molecule has 144 valence electrons. The third-order valence-electron chi connectivity index (χ3n) is 4.47. The van der Waals surface area contributed by atoms with Gasteiger partial charge in [-0.2, -0.15) is 0 Å². The number of amides is 1. The fourth-order valence-electron chi connectivity index (χ4n) is 3.16. The van der Waals surface area contributed by atoms with Gasteiger partial charge < -0.3 is 15.0 Å². The van der Waals surface area contributed by atoms with Gasteiger partial charge >= 0.3 is 5.69 Å². The molecular weight excluding hydrogens is 358 g/mol. The molecule has 7 nitrogen and oxygen atoms in total. The van der Waals surface area contributed by atoms with E-state index in [0.29, 0.717) is 17.1 Å². The molecule has 2 N–H and O–H groups in total. The first kappa shape index (κ1) is 19.2. The van der Waals surface area contributed by atoms with Crippen molar-refractivity contribution < 1.29 is 9.53 Å². The topological polar surface area (TPSA) is 93.2 Å². The Kier molecular flexibility index (Phi) is 5.17. The number of hydrogen-bond acceptors (Lipinski definition) is 4. The number of ether oxygens (including phenoxy) is 1. The van der Waals surface area contributed by atoms with Crippen molar-refractivity contribution in [3.63, 3.8) is 0 Å². The number of benzene rings is 2. The lowest BCUT2D eigenvalue weighted by Gasteiger charge is -2.13. The Balaban J connectivity index is 2.03. The third-order valence-corrected chi connectivity index (χ3v) is 4.47. The van der Waals surface area contributed by atoms with Crippen LogP contribution >= 0.6 is 0 Å². The van der Waals surface area contributed by atoms with Gasteiger partial charge in [-0.1, -0.05) is 17.7 Å². The zero-order chi connectivity index (χ0) is 20.4. The molecule has 1 amide bonds. The van der Waals surface area contributed by atoms with Crippen LogP contribution in [0, 0.1) is 20.8 Å². The number of anilines is 1. The number of carbonyl (C=O) groups is 1. The van der Waals surface area contributed by atoms with E-state index in [4.69, 9.17) is 4.74 Å². The molecule has 7 heteroatoms. The van der Waals surface area contributed by atoms with Gasteiger partial charge in [-0.15, -0.1) is 0 Å². The summed E-state index contributed by atoms with van der Waals surface area (Å²) >= 11 is 0. The normalized spacial score (nSPS) is 10.6. The molecule has 28 heavy (non-hydrogen) atoms. The maximum Gasteiger partial charge on any atom is 0.333 e. The number of carbonyl (C=O) groups excluding carboxylic acids is 1. The van der Waals surface area contributed by atoms with E-state index in [-0.39, 0.29) is 5.56 Å². The quantitative estimate of drug-likeness (QED) is 0.729. The van der Waals surface area contributed by atoms with E-state index in [0.717, 1.165) is 27.5 Å². The van der Waals surface area contributed by atoms with Crippen LogP contribution in [0.3, 0.4) is 0 Å². The van der Waals surface area contributed by atoms with Gasteiger partial charge in [-0.25, -0.2) is 9.36 Å². The minimum Gasteiger partial charge on any atom is -0.497 e. The Morgan fingerprint density at radius 1 is 1.04 bits per heavy atom. The molecule has 0 radical (unpaired) electrons. The highest BCUT2D eigenvalue weighted by Gasteiger charge is 2.17. The monoisotopic (exact) mass is 379 g/mol. The average molecular weight is 379 g/mol. The molecule has 3 aromatic rings. The first-order valence-electron chi connectivity index (χ1n) is 8.70. The van der Waals surface area contributed by atoms with Gasteiger partial charge in [0.25, 0.3) is 11.5 Å². The first-order valence-corrected chi connectivity index (χ1v) is 8.70. The summed E-state index contributed by atoms with van der Waals surface area (Å²) in [7, 11) is 1.52. The van der Waals surface area contributed by atoms with Crippen LogP contribution in [-0.4, -0.2) is 22.6 Å². The van der Waals surface area contributed by atoms with Crippen molar-refractivity contribution in [1.82, 2.24) is 9.55 Å². The number of H-pyrrole nitrogens is 1. The van der Waals surface area contributed by atoms with Crippen LogP contribution in [0.15, 0.2) is 52.2 Å². The molecule has 1 aromatic heterocycles. The summed E-state index contributed by atoms with van der Waals surface area (Å²) in [6.07, 6.45) is 1.14. The molecule has 0 saturated heterocycles. The van der Waals surface area contributed by atoms with Gasteiger partial charge in [0.1, 0.15) is 11.3 Å². The van der Waals surface area contributed by atoms with Crippen molar-refractivity contribution >= 4 is 11.6 Å². The number of rotatable bonds is 4. The zero-order valence-electron chi connectivity index (χ0n) is 16.1. The van der Waals surface area contributed by atoms with E-state index in [1.165, 1.54) is 7.11 Å². The summed E-state index contributed by atoms with van der Waals surface area (Å²) in [6, 6.07) is 10.3. The lowest BCUT2D eigenvalue weighted by atomic mass is 10.0. The van der Waals surface area contributed by atoms with Crippen molar-refractivity contribution in [3.05, 3.63) is 85.7 Å². The highest BCUT2D eigenvalue weighted by Crippen LogP contribution is 2.22. The van der Waals surface area contributed by atoms with Crippen molar-refractivity contribution in [3.8, 4) is 11.4 Å². The van der Waals surface area contributed by atoms with Crippen LogP contribution in [0.2, 0.25) is 0 Å². The molecule has 2 aromatic carbocycles. The van der Waals surface area contributed by atoms with E-state index >= 15 is 0 Å². The molecule has 0 fully saturated rings. The zero-order valence-corrected chi connectivity index (χ0v) is 16.1. The van der Waals surface area contributed by atoms with Crippen LogP contribution in [0.5, 0.6) is 5.75 Å². The highest BCUT2D eigenvalue weighted by atomic mass is 16.5. The van der Waals surface area contributed by atoms with Crippen LogP contribution in [0.4, 0.5) is 5.69 Å². The smallest absolute Gasteiger partial charge is 0.333 e. The Bertz CT molecular complexity index is 1130. The number of aromatic nitrogens is 2. The minimum atomic E-state index is -0.700. The Morgan fingerprint density at radius 3 is 2.21 bits per heavy atom. The maximum atomic E-state index is 12.9. The lowest BCUT2D eigenvalue weighted by molar-refractivity contribution is 0.102. The third kappa shape index (κ3) is 3.59. The number of nitrogens with one attached hydrogen (secondary N) is 2. The second-order valence-electron chi connectivity index (χ2n) is 6.57. The van der Waals surface area contributed by atoms with Crippen LogP contribution in [0.25, 0.3) is 5.69 Å². The molecular formula is C21H21N3O4. The van der Waals surface area contributed by atoms with Gasteiger partial charge in [0.05, 0.1) is 12.8 Å².